The summed E-state index contributed by atoms with van der Waals surface area (Å²) >= 11 is 0. The Morgan fingerprint density at radius 2 is 1.56 bits per heavy atom. The number of halogens is 1. The summed E-state index contributed by atoms with van der Waals surface area (Å²) in [6.45, 7) is -0.188. The molecule has 0 radical (unpaired) electrons. The van der Waals surface area contributed by atoms with Crippen LogP contribution in [0, 0.1) is 5.82 Å². The largest absolute Gasteiger partial charge is 0.497 e. The third-order valence-electron chi connectivity index (χ3n) is 3.44. The number of benzene rings is 2. The summed E-state index contributed by atoms with van der Waals surface area (Å²) in [7, 11) is 2.95. The van der Waals surface area contributed by atoms with Crippen LogP contribution in [0.25, 0.3) is 0 Å². The molecule has 0 fully saturated rings. The fourth-order valence-corrected chi connectivity index (χ4v) is 2.09. The molecule has 0 aliphatic heterocycles. The van der Waals surface area contributed by atoms with Gasteiger partial charge in [0.1, 0.15) is 42.8 Å². The molecule has 0 spiro atoms. The van der Waals surface area contributed by atoms with Gasteiger partial charge in [-0.2, -0.15) is 0 Å². The van der Waals surface area contributed by atoms with Crippen molar-refractivity contribution in [2.24, 2.45) is 0 Å². The summed E-state index contributed by atoms with van der Waals surface area (Å²) < 4.78 is 33.2. The van der Waals surface area contributed by atoms with Crippen molar-refractivity contribution in [2.75, 3.05) is 34.0 Å². The summed E-state index contributed by atoms with van der Waals surface area (Å²) in [5, 5.41) is 2.46. The van der Waals surface area contributed by atoms with Gasteiger partial charge in [0.15, 0.2) is 0 Å². The molecule has 1 amide bonds. The predicted molar refractivity (Wildman–Crippen MR) is 94.7 cm³/mol. The molecule has 0 bridgehead atoms. The molecule has 27 heavy (non-hydrogen) atoms. The van der Waals surface area contributed by atoms with Crippen LogP contribution in [-0.2, 0) is 9.53 Å². The Balaban J connectivity index is 1.73. The fourth-order valence-electron chi connectivity index (χ4n) is 2.09. The Bertz CT molecular complexity index is 756. The normalized spacial score (nSPS) is 10.0. The lowest BCUT2D eigenvalue weighted by Crippen LogP contribution is -2.31. The van der Waals surface area contributed by atoms with Crippen LogP contribution in [0.2, 0.25) is 0 Å². The minimum absolute atomic E-state index is 0.000930. The Morgan fingerprint density at radius 3 is 2.15 bits per heavy atom. The van der Waals surface area contributed by atoms with Crippen molar-refractivity contribution in [1.82, 2.24) is 5.32 Å². The van der Waals surface area contributed by atoms with E-state index in [1.165, 1.54) is 50.6 Å². The van der Waals surface area contributed by atoms with Gasteiger partial charge >= 0.3 is 5.97 Å². The van der Waals surface area contributed by atoms with Crippen LogP contribution >= 0.6 is 0 Å². The molecule has 7 nitrogen and oxygen atoms in total. The number of methoxy groups -OCH3 is 2. The highest BCUT2D eigenvalue weighted by atomic mass is 19.1. The van der Waals surface area contributed by atoms with E-state index in [4.69, 9.17) is 18.9 Å². The average Bonchev–Trinajstić information content (AvgIpc) is 2.70. The Labute approximate surface area is 156 Å². The molecule has 0 heterocycles. The molecular weight excluding hydrogens is 357 g/mol. The van der Waals surface area contributed by atoms with Gasteiger partial charge in [0, 0.05) is 11.6 Å². The number of amides is 1. The summed E-state index contributed by atoms with van der Waals surface area (Å²) in [4.78, 5) is 23.8. The highest BCUT2D eigenvalue weighted by Gasteiger charge is 2.12. The van der Waals surface area contributed by atoms with Crippen LogP contribution in [0.4, 0.5) is 4.39 Å². The first kappa shape index (κ1) is 20.0. The second-order valence-electron chi connectivity index (χ2n) is 5.31. The maximum Gasteiger partial charge on any atom is 0.325 e. The van der Waals surface area contributed by atoms with E-state index in [1.807, 2.05) is 0 Å². The van der Waals surface area contributed by atoms with Gasteiger partial charge in [-0.25, -0.2) is 4.39 Å². The number of rotatable bonds is 9. The SMILES string of the molecule is COc1cc(OC)cc(C(=O)NCC(=O)OCCOc2ccc(F)cc2)c1. The molecule has 2 aromatic carbocycles. The van der Waals surface area contributed by atoms with Crippen LogP contribution in [0.1, 0.15) is 10.4 Å². The number of ether oxygens (including phenoxy) is 4. The average molecular weight is 377 g/mol. The minimum Gasteiger partial charge on any atom is -0.497 e. The van der Waals surface area contributed by atoms with E-state index in [0.29, 0.717) is 22.8 Å². The van der Waals surface area contributed by atoms with Crippen LogP contribution in [0.5, 0.6) is 17.2 Å². The topological polar surface area (TPSA) is 83.1 Å². The van der Waals surface area contributed by atoms with E-state index in [1.54, 1.807) is 6.07 Å². The Kier molecular flexibility index (Phi) is 7.42. The van der Waals surface area contributed by atoms with E-state index in [0.717, 1.165) is 0 Å². The molecule has 0 atom stereocenters. The summed E-state index contributed by atoms with van der Waals surface area (Å²) in [6, 6.07) is 10.2. The second kappa shape index (κ2) is 10.0. The molecule has 2 rings (SSSR count). The molecule has 0 unspecified atom stereocenters. The first-order valence-corrected chi connectivity index (χ1v) is 8.07. The van der Waals surface area contributed by atoms with Crippen LogP contribution < -0.4 is 19.5 Å². The maximum absolute atomic E-state index is 12.8. The van der Waals surface area contributed by atoms with Crippen LogP contribution in [-0.4, -0.2) is 45.9 Å². The minimum atomic E-state index is -0.610. The number of carbonyl (C=O) groups excluding carboxylic acids is 2. The summed E-state index contributed by atoms with van der Waals surface area (Å²) in [5.74, 6) is -0.0569. The lowest BCUT2D eigenvalue weighted by Gasteiger charge is -2.10. The lowest BCUT2D eigenvalue weighted by atomic mass is 10.2. The van der Waals surface area contributed by atoms with Crippen molar-refractivity contribution < 1.29 is 32.9 Å². The fraction of sp³-hybridized carbons (Fsp3) is 0.263. The number of hydrogen-bond donors (Lipinski definition) is 1. The van der Waals surface area contributed by atoms with Gasteiger partial charge in [-0.1, -0.05) is 0 Å². The summed E-state index contributed by atoms with van der Waals surface area (Å²) in [6.07, 6.45) is 0. The van der Waals surface area contributed by atoms with Gasteiger partial charge in [0.2, 0.25) is 0 Å². The van der Waals surface area contributed by atoms with Crippen molar-refractivity contribution in [3.05, 3.63) is 53.8 Å². The molecule has 2 aromatic rings. The Hall–Kier alpha value is -3.29. The molecule has 8 heteroatoms. The van der Waals surface area contributed by atoms with Crippen molar-refractivity contribution >= 4 is 11.9 Å². The number of nitrogens with one attached hydrogen (secondary N) is 1. The van der Waals surface area contributed by atoms with Gasteiger partial charge in [0.25, 0.3) is 5.91 Å². The number of carbonyl (C=O) groups is 2. The number of hydrogen-bond acceptors (Lipinski definition) is 6. The third kappa shape index (κ3) is 6.50. The monoisotopic (exact) mass is 377 g/mol. The highest BCUT2D eigenvalue weighted by Crippen LogP contribution is 2.22. The van der Waals surface area contributed by atoms with E-state index in [-0.39, 0.29) is 25.6 Å². The molecule has 0 aromatic heterocycles. The van der Waals surface area contributed by atoms with Gasteiger partial charge < -0.3 is 24.3 Å². The zero-order chi connectivity index (χ0) is 19.6. The van der Waals surface area contributed by atoms with Crippen molar-refractivity contribution in [1.29, 1.82) is 0 Å². The molecule has 0 aliphatic carbocycles. The van der Waals surface area contributed by atoms with Crippen molar-refractivity contribution in [3.63, 3.8) is 0 Å². The molecule has 1 N–H and O–H groups in total. The molecule has 144 valence electrons. The van der Waals surface area contributed by atoms with Crippen molar-refractivity contribution in [3.8, 4) is 17.2 Å². The van der Waals surface area contributed by atoms with Crippen molar-refractivity contribution in [2.45, 2.75) is 0 Å². The van der Waals surface area contributed by atoms with E-state index in [9.17, 15) is 14.0 Å². The second-order valence-corrected chi connectivity index (χ2v) is 5.31. The van der Waals surface area contributed by atoms with E-state index in [2.05, 4.69) is 5.32 Å². The zero-order valence-corrected chi connectivity index (χ0v) is 15.0. The number of esters is 1. The first-order chi connectivity index (χ1) is 13.0. The smallest absolute Gasteiger partial charge is 0.325 e. The van der Waals surface area contributed by atoms with Gasteiger partial charge in [-0.05, 0) is 36.4 Å². The van der Waals surface area contributed by atoms with E-state index >= 15 is 0 Å². The predicted octanol–water partition coefficient (Wildman–Crippen LogP) is 2.19. The van der Waals surface area contributed by atoms with E-state index < -0.39 is 11.9 Å². The lowest BCUT2D eigenvalue weighted by molar-refractivity contribution is -0.143. The van der Waals surface area contributed by atoms with Crippen LogP contribution in [0.15, 0.2) is 42.5 Å². The molecule has 0 aliphatic rings. The molecule has 0 saturated heterocycles. The molecular formula is C19H20FNO6. The summed E-state index contributed by atoms with van der Waals surface area (Å²) in [5.41, 5.74) is 0.290. The maximum atomic E-state index is 12.8. The molecule has 0 saturated carbocycles. The van der Waals surface area contributed by atoms with Gasteiger partial charge in [-0.3, -0.25) is 9.59 Å². The quantitative estimate of drug-likeness (QED) is 0.533. The highest BCUT2D eigenvalue weighted by molar-refractivity contribution is 5.96. The first-order valence-electron chi connectivity index (χ1n) is 8.07. The van der Waals surface area contributed by atoms with Gasteiger partial charge in [-0.15, -0.1) is 0 Å². The van der Waals surface area contributed by atoms with Crippen LogP contribution in [0.3, 0.4) is 0 Å². The standard InChI is InChI=1S/C19H20FNO6/c1-24-16-9-13(10-17(11-16)25-2)19(23)21-12-18(22)27-8-7-26-15-5-3-14(20)4-6-15/h3-6,9-11H,7-8,12H2,1-2H3,(H,21,23). The van der Waals surface area contributed by atoms with Gasteiger partial charge in [0.05, 0.1) is 14.2 Å². The third-order valence-corrected chi connectivity index (χ3v) is 3.44. The zero-order valence-electron chi connectivity index (χ0n) is 15.0. The Morgan fingerprint density at radius 1 is 0.926 bits per heavy atom.